The van der Waals surface area contributed by atoms with Gasteiger partial charge in [0.05, 0.1) is 12.7 Å². The minimum Gasteiger partial charge on any atom is -0.496 e. The van der Waals surface area contributed by atoms with Crippen LogP contribution in [0.4, 0.5) is 10.5 Å². The van der Waals surface area contributed by atoms with Crippen LogP contribution in [0.15, 0.2) is 42.5 Å². The van der Waals surface area contributed by atoms with Crippen LogP contribution >= 0.6 is 0 Å². The van der Waals surface area contributed by atoms with Crippen LogP contribution in [0.25, 0.3) is 0 Å². The number of anilines is 1. The molecule has 6 nitrogen and oxygen atoms in total. The lowest BCUT2D eigenvalue weighted by Crippen LogP contribution is -2.47. The van der Waals surface area contributed by atoms with E-state index in [1.807, 2.05) is 38.1 Å². The summed E-state index contributed by atoms with van der Waals surface area (Å²) in [5.41, 5.74) is 3.58. The third kappa shape index (κ3) is 4.82. The van der Waals surface area contributed by atoms with Gasteiger partial charge in [0.15, 0.2) is 0 Å². The minimum absolute atomic E-state index is 0.0441. The predicted octanol–water partition coefficient (Wildman–Crippen LogP) is 3.74. The van der Waals surface area contributed by atoms with Crippen LogP contribution in [0.1, 0.15) is 34.3 Å². The van der Waals surface area contributed by atoms with Crippen molar-refractivity contribution in [2.45, 2.75) is 32.7 Å². The molecule has 1 aliphatic heterocycles. The molecule has 1 fully saturated rings. The molecule has 0 bridgehead atoms. The average Bonchev–Trinajstić information content (AvgIpc) is 2.67. The number of likely N-dealkylation sites (tertiary alicyclic amines) is 1. The molecule has 0 aromatic heterocycles. The van der Waals surface area contributed by atoms with Crippen LogP contribution in [0.3, 0.4) is 0 Å². The lowest BCUT2D eigenvalue weighted by molar-refractivity contribution is 0.0916. The van der Waals surface area contributed by atoms with Crippen LogP contribution in [0, 0.1) is 13.8 Å². The van der Waals surface area contributed by atoms with Gasteiger partial charge < -0.3 is 20.3 Å². The highest BCUT2D eigenvalue weighted by Crippen LogP contribution is 2.19. The van der Waals surface area contributed by atoms with Gasteiger partial charge in [0.2, 0.25) is 0 Å². The highest BCUT2D eigenvalue weighted by Gasteiger charge is 2.25. The van der Waals surface area contributed by atoms with E-state index in [4.69, 9.17) is 4.74 Å². The van der Waals surface area contributed by atoms with Crippen molar-refractivity contribution in [1.29, 1.82) is 0 Å². The van der Waals surface area contributed by atoms with Crippen molar-refractivity contribution in [3.8, 4) is 5.75 Å². The van der Waals surface area contributed by atoms with Gasteiger partial charge in [-0.15, -0.1) is 0 Å². The van der Waals surface area contributed by atoms with E-state index in [0.717, 1.165) is 29.7 Å². The van der Waals surface area contributed by atoms with Crippen molar-refractivity contribution in [1.82, 2.24) is 10.2 Å². The number of carbonyl (C=O) groups is 2. The van der Waals surface area contributed by atoms with Crippen LogP contribution in [0.2, 0.25) is 0 Å². The Morgan fingerprint density at radius 1 is 1.04 bits per heavy atom. The Bertz CT molecular complexity index is 838. The number of methoxy groups -OCH3 is 1. The van der Waals surface area contributed by atoms with Gasteiger partial charge in [0, 0.05) is 24.8 Å². The van der Waals surface area contributed by atoms with Crippen molar-refractivity contribution in [3.05, 3.63) is 59.2 Å². The fourth-order valence-electron chi connectivity index (χ4n) is 3.57. The number of ether oxygens (including phenoxy) is 1. The first-order chi connectivity index (χ1) is 13.5. The molecule has 3 rings (SSSR count). The highest BCUT2D eigenvalue weighted by atomic mass is 16.5. The zero-order valence-electron chi connectivity index (χ0n) is 16.6. The number of benzene rings is 2. The first-order valence-corrected chi connectivity index (χ1v) is 9.54. The second-order valence-corrected chi connectivity index (χ2v) is 7.24. The normalized spacial score (nSPS) is 14.5. The Kier molecular flexibility index (Phi) is 6.19. The molecular formula is C22H27N3O3. The molecule has 2 N–H and O–H groups in total. The van der Waals surface area contributed by atoms with E-state index in [-0.39, 0.29) is 18.0 Å². The Balaban J connectivity index is 1.52. The third-order valence-electron chi connectivity index (χ3n) is 4.94. The van der Waals surface area contributed by atoms with E-state index < -0.39 is 0 Å². The molecule has 1 saturated heterocycles. The number of nitrogens with zero attached hydrogens (tertiary/aromatic N) is 1. The van der Waals surface area contributed by atoms with E-state index in [1.165, 1.54) is 0 Å². The molecule has 2 aromatic rings. The lowest BCUT2D eigenvalue weighted by Gasteiger charge is -2.32. The summed E-state index contributed by atoms with van der Waals surface area (Å²) >= 11 is 0. The number of hydrogen-bond acceptors (Lipinski definition) is 3. The second-order valence-electron chi connectivity index (χ2n) is 7.24. The molecule has 1 heterocycles. The molecule has 0 radical (unpaired) electrons. The number of piperidine rings is 1. The first-order valence-electron chi connectivity index (χ1n) is 9.54. The molecule has 0 aliphatic carbocycles. The summed E-state index contributed by atoms with van der Waals surface area (Å²) in [6.45, 7) is 5.23. The van der Waals surface area contributed by atoms with Crippen LogP contribution < -0.4 is 15.4 Å². The topological polar surface area (TPSA) is 70.7 Å². The summed E-state index contributed by atoms with van der Waals surface area (Å²) in [5.74, 6) is 0.417. The molecule has 28 heavy (non-hydrogen) atoms. The number of aryl methyl sites for hydroxylation is 2. The number of urea groups is 1. The number of carbonyl (C=O) groups excluding carboxylic acids is 2. The van der Waals surface area contributed by atoms with E-state index in [9.17, 15) is 9.59 Å². The van der Waals surface area contributed by atoms with Crippen molar-refractivity contribution < 1.29 is 14.3 Å². The van der Waals surface area contributed by atoms with E-state index >= 15 is 0 Å². The number of amides is 3. The Morgan fingerprint density at radius 3 is 2.32 bits per heavy atom. The maximum atomic E-state index is 12.5. The van der Waals surface area contributed by atoms with Gasteiger partial charge in [-0.2, -0.15) is 0 Å². The zero-order valence-corrected chi connectivity index (χ0v) is 16.6. The van der Waals surface area contributed by atoms with E-state index in [2.05, 4.69) is 16.7 Å². The van der Waals surface area contributed by atoms with Gasteiger partial charge in [0.1, 0.15) is 5.75 Å². The third-order valence-corrected chi connectivity index (χ3v) is 4.94. The largest absolute Gasteiger partial charge is 0.496 e. The predicted molar refractivity (Wildman–Crippen MR) is 110 cm³/mol. The van der Waals surface area contributed by atoms with Crippen molar-refractivity contribution in [2.75, 3.05) is 25.5 Å². The van der Waals surface area contributed by atoms with Crippen LogP contribution in [-0.4, -0.2) is 43.1 Å². The summed E-state index contributed by atoms with van der Waals surface area (Å²) < 4.78 is 5.26. The van der Waals surface area contributed by atoms with Gasteiger partial charge in [-0.05, 0) is 62.1 Å². The molecule has 3 amide bonds. The molecule has 0 spiro atoms. The van der Waals surface area contributed by atoms with Gasteiger partial charge in [-0.25, -0.2) is 4.79 Å². The Hall–Kier alpha value is -3.02. The fourth-order valence-corrected chi connectivity index (χ4v) is 3.57. The summed E-state index contributed by atoms with van der Waals surface area (Å²) in [6.07, 6.45) is 1.45. The Labute approximate surface area is 165 Å². The maximum Gasteiger partial charge on any atom is 0.321 e. The van der Waals surface area contributed by atoms with Crippen molar-refractivity contribution >= 4 is 17.6 Å². The summed E-state index contributed by atoms with van der Waals surface area (Å²) in [6, 6.07) is 13.1. The first kappa shape index (κ1) is 19.7. The van der Waals surface area contributed by atoms with E-state index in [0.29, 0.717) is 24.4 Å². The number of para-hydroxylation sites is 1. The number of rotatable bonds is 4. The van der Waals surface area contributed by atoms with Crippen molar-refractivity contribution in [2.24, 2.45) is 0 Å². The molecular weight excluding hydrogens is 354 g/mol. The number of hydrogen-bond donors (Lipinski definition) is 2. The van der Waals surface area contributed by atoms with Crippen LogP contribution in [-0.2, 0) is 0 Å². The van der Waals surface area contributed by atoms with E-state index in [1.54, 1.807) is 24.1 Å². The number of nitrogens with one attached hydrogen (secondary N) is 2. The molecule has 0 saturated carbocycles. The minimum atomic E-state index is -0.143. The summed E-state index contributed by atoms with van der Waals surface area (Å²) in [4.78, 5) is 26.9. The molecule has 1 aliphatic rings. The van der Waals surface area contributed by atoms with Gasteiger partial charge >= 0.3 is 6.03 Å². The highest BCUT2D eigenvalue weighted by molar-refractivity contribution is 5.97. The lowest BCUT2D eigenvalue weighted by atomic mass is 10.0. The fraction of sp³-hybridized carbons (Fsp3) is 0.364. The SMILES string of the molecule is COc1ccccc1C(=O)NC1CCN(C(=O)Nc2cc(C)cc(C)c2)CC1. The summed E-state index contributed by atoms with van der Waals surface area (Å²) in [5, 5.41) is 6.03. The maximum absolute atomic E-state index is 12.5. The van der Waals surface area contributed by atoms with Gasteiger partial charge in [-0.1, -0.05) is 18.2 Å². The van der Waals surface area contributed by atoms with Gasteiger partial charge in [-0.3, -0.25) is 4.79 Å². The quantitative estimate of drug-likeness (QED) is 0.848. The standard InChI is InChI=1S/C22H27N3O3/c1-15-12-16(2)14-18(13-15)24-22(27)25-10-8-17(9-11-25)23-21(26)19-6-4-5-7-20(19)28-3/h4-7,12-14,17H,8-11H2,1-3H3,(H,23,26)(H,24,27). The molecule has 0 atom stereocenters. The smallest absolute Gasteiger partial charge is 0.321 e. The van der Waals surface area contributed by atoms with Gasteiger partial charge in [0.25, 0.3) is 5.91 Å². The van der Waals surface area contributed by atoms with Crippen LogP contribution in [0.5, 0.6) is 5.75 Å². The van der Waals surface area contributed by atoms with Crippen molar-refractivity contribution in [3.63, 3.8) is 0 Å². The Morgan fingerprint density at radius 2 is 1.68 bits per heavy atom. The molecule has 2 aromatic carbocycles. The second kappa shape index (κ2) is 8.78. The molecule has 148 valence electrons. The molecule has 0 unspecified atom stereocenters. The monoisotopic (exact) mass is 381 g/mol. The zero-order chi connectivity index (χ0) is 20.1. The average molecular weight is 381 g/mol. The molecule has 6 heteroatoms. The summed E-state index contributed by atoms with van der Waals surface area (Å²) in [7, 11) is 1.55.